The zero-order valence-corrected chi connectivity index (χ0v) is 14.3. The van der Waals surface area contributed by atoms with Gasteiger partial charge in [0.05, 0.1) is 35.9 Å². The maximum Gasteiger partial charge on any atom is 0.238 e. The molecule has 2 aromatic rings. The number of β-amino-alcohol motifs (C(OH)–C–C–N with tert-alkyl or cyclic N) is 1. The Morgan fingerprint density at radius 3 is 2.88 bits per heavy atom. The van der Waals surface area contributed by atoms with Crippen LogP contribution in [0.15, 0.2) is 12.3 Å². The maximum atomic E-state index is 12.2. The van der Waals surface area contributed by atoms with Gasteiger partial charge in [-0.1, -0.05) is 0 Å². The van der Waals surface area contributed by atoms with Crippen molar-refractivity contribution in [1.82, 2.24) is 24.9 Å². The average molecular weight is 332 g/mol. The van der Waals surface area contributed by atoms with E-state index < -0.39 is 6.10 Å². The Morgan fingerprint density at radius 2 is 2.25 bits per heavy atom. The van der Waals surface area contributed by atoms with E-state index in [0.717, 1.165) is 22.8 Å². The van der Waals surface area contributed by atoms with Gasteiger partial charge in [-0.15, -0.1) is 0 Å². The normalized spacial score (nSPS) is 21.3. The summed E-state index contributed by atoms with van der Waals surface area (Å²) in [4.78, 5) is 14.2. The molecule has 3 heterocycles. The fraction of sp³-hybridized carbons (Fsp3) is 0.562. The smallest absolute Gasteiger partial charge is 0.238 e. The Kier molecular flexibility index (Phi) is 4.68. The molecule has 0 radical (unpaired) electrons. The number of carbonyl (C=O) groups is 1. The molecule has 0 aliphatic carbocycles. The van der Waals surface area contributed by atoms with Crippen LogP contribution in [0.2, 0.25) is 0 Å². The van der Waals surface area contributed by atoms with E-state index in [1.54, 1.807) is 10.9 Å². The number of nitrogens with one attached hydrogen (secondary N) is 2. The van der Waals surface area contributed by atoms with Gasteiger partial charge >= 0.3 is 0 Å². The van der Waals surface area contributed by atoms with E-state index in [1.165, 1.54) is 0 Å². The molecule has 1 aliphatic heterocycles. The number of aliphatic hydroxyl groups excluding tert-OH is 1. The Bertz CT molecular complexity index is 722. The number of rotatable bonds is 5. The van der Waals surface area contributed by atoms with Crippen LogP contribution in [0.3, 0.4) is 0 Å². The van der Waals surface area contributed by atoms with Crippen LogP contribution in [0.4, 0.5) is 5.69 Å². The van der Waals surface area contributed by atoms with Crippen molar-refractivity contribution in [3.8, 4) is 0 Å². The molecular weight excluding hydrogens is 308 g/mol. The van der Waals surface area contributed by atoms with Crippen LogP contribution in [-0.4, -0.2) is 61.6 Å². The molecule has 0 unspecified atom stereocenters. The molecule has 24 heavy (non-hydrogen) atoms. The number of amides is 1. The molecular formula is C16H24N6O2. The van der Waals surface area contributed by atoms with Crippen molar-refractivity contribution in [3.63, 3.8) is 0 Å². The van der Waals surface area contributed by atoms with E-state index in [-0.39, 0.29) is 18.4 Å². The molecule has 1 aliphatic rings. The third kappa shape index (κ3) is 3.65. The molecule has 0 aromatic carbocycles. The molecule has 0 saturated carbocycles. The second kappa shape index (κ2) is 6.74. The van der Waals surface area contributed by atoms with Gasteiger partial charge in [-0.25, -0.2) is 0 Å². The molecule has 8 nitrogen and oxygen atoms in total. The molecule has 2 atom stereocenters. The lowest BCUT2D eigenvalue weighted by molar-refractivity contribution is -0.117. The summed E-state index contributed by atoms with van der Waals surface area (Å²) in [7, 11) is 1.84. The minimum atomic E-state index is -0.435. The van der Waals surface area contributed by atoms with E-state index >= 15 is 0 Å². The van der Waals surface area contributed by atoms with Crippen LogP contribution in [-0.2, 0) is 18.3 Å². The Balaban J connectivity index is 1.53. The lowest BCUT2D eigenvalue weighted by atomic mass is 10.0. The summed E-state index contributed by atoms with van der Waals surface area (Å²) in [6.07, 6.45) is 1.93. The Hall–Kier alpha value is -2.19. The number of aliphatic hydroxyl groups is 1. The standard InChI is InChI=1S/C16H24N6O2/c1-10-4-13(20-19-10)5-12-7-22(8-15(12)23)9-16(24)18-14-6-17-21(3)11(14)2/h4,6,12,15,23H,5,7-9H2,1-3H3,(H,18,24)(H,19,20)/t12-,15+/m1/s1. The Morgan fingerprint density at radius 1 is 1.46 bits per heavy atom. The highest BCUT2D eigenvalue weighted by molar-refractivity contribution is 5.92. The highest BCUT2D eigenvalue weighted by Gasteiger charge is 2.32. The molecule has 1 saturated heterocycles. The number of aryl methyl sites for hydroxylation is 2. The predicted octanol–water partition coefficient (Wildman–Crippen LogP) is 0.234. The van der Waals surface area contributed by atoms with Gasteiger partial charge in [-0.2, -0.15) is 10.2 Å². The number of aromatic amines is 1. The number of carbonyl (C=O) groups excluding carboxylic acids is 1. The van der Waals surface area contributed by atoms with Gasteiger partial charge < -0.3 is 10.4 Å². The Labute approximate surface area is 140 Å². The molecule has 2 aromatic heterocycles. The van der Waals surface area contributed by atoms with Gasteiger partial charge in [0.1, 0.15) is 0 Å². The first-order valence-corrected chi connectivity index (χ1v) is 8.12. The summed E-state index contributed by atoms with van der Waals surface area (Å²) >= 11 is 0. The van der Waals surface area contributed by atoms with Gasteiger partial charge in [0, 0.05) is 31.7 Å². The molecule has 3 rings (SSSR count). The lowest BCUT2D eigenvalue weighted by Crippen LogP contribution is -2.32. The summed E-state index contributed by atoms with van der Waals surface area (Å²) in [5.74, 6) is 0.00944. The number of hydrogen-bond acceptors (Lipinski definition) is 5. The van der Waals surface area contributed by atoms with Crippen molar-refractivity contribution in [2.75, 3.05) is 25.0 Å². The monoisotopic (exact) mass is 332 g/mol. The minimum Gasteiger partial charge on any atom is -0.391 e. The number of nitrogens with zero attached hydrogens (tertiary/aromatic N) is 4. The first kappa shape index (κ1) is 16.7. The maximum absolute atomic E-state index is 12.2. The van der Waals surface area contributed by atoms with Crippen molar-refractivity contribution in [2.24, 2.45) is 13.0 Å². The number of aromatic nitrogens is 4. The van der Waals surface area contributed by atoms with Crippen molar-refractivity contribution < 1.29 is 9.90 Å². The fourth-order valence-electron chi connectivity index (χ4n) is 3.13. The molecule has 0 bridgehead atoms. The van der Waals surface area contributed by atoms with E-state index in [1.807, 2.05) is 31.9 Å². The van der Waals surface area contributed by atoms with E-state index in [2.05, 4.69) is 20.6 Å². The minimum absolute atomic E-state index is 0.0884. The van der Waals surface area contributed by atoms with Gasteiger partial charge in [0.15, 0.2) is 0 Å². The van der Waals surface area contributed by atoms with Crippen LogP contribution in [0.5, 0.6) is 0 Å². The quantitative estimate of drug-likeness (QED) is 0.728. The summed E-state index contributed by atoms with van der Waals surface area (Å²) in [5, 5.41) is 24.4. The zero-order valence-electron chi connectivity index (χ0n) is 14.3. The average Bonchev–Trinajstić information content (AvgIpc) is 3.16. The third-order valence-electron chi connectivity index (χ3n) is 4.59. The molecule has 3 N–H and O–H groups in total. The van der Waals surface area contributed by atoms with Gasteiger partial charge in [0.2, 0.25) is 5.91 Å². The van der Waals surface area contributed by atoms with Crippen LogP contribution in [0.1, 0.15) is 17.1 Å². The fourth-order valence-corrected chi connectivity index (χ4v) is 3.13. The number of hydrogen-bond donors (Lipinski definition) is 3. The van der Waals surface area contributed by atoms with Crippen LogP contribution >= 0.6 is 0 Å². The van der Waals surface area contributed by atoms with Crippen LogP contribution in [0, 0.1) is 19.8 Å². The van der Waals surface area contributed by atoms with E-state index in [4.69, 9.17) is 0 Å². The van der Waals surface area contributed by atoms with Gasteiger partial charge in [0.25, 0.3) is 0 Å². The van der Waals surface area contributed by atoms with Gasteiger partial charge in [-0.3, -0.25) is 19.5 Å². The second-order valence-electron chi connectivity index (χ2n) is 6.58. The van der Waals surface area contributed by atoms with E-state index in [9.17, 15) is 9.90 Å². The summed E-state index contributed by atoms with van der Waals surface area (Å²) in [5.41, 5.74) is 3.61. The topological polar surface area (TPSA) is 99.1 Å². The summed E-state index contributed by atoms with van der Waals surface area (Å²) in [6, 6.07) is 1.99. The van der Waals surface area contributed by atoms with Crippen molar-refractivity contribution >= 4 is 11.6 Å². The molecule has 1 amide bonds. The summed E-state index contributed by atoms with van der Waals surface area (Å²) < 4.78 is 1.72. The highest BCUT2D eigenvalue weighted by atomic mass is 16.3. The van der Waals surface area contributed by atoms with E-state index in [0.29, 0.717) is 19.5 Å². The first-order chi connectivity index (χ1) is 11.4. The largest absolute Gasteiger partial charge is 0.391 e. The third-order valence-corrected chi connectivity index (χ3v) is 4.59. The number of anilines is 1. The van der Waals surface area contributed by atoms with Crippen molar-refractivity contribution in [1.29, 1.82) is 0 Å². The number of H-pyrrole nitrogens is 1. The lowest BCUT2D eigenvalue weighted by Gasteiger charge is -2.14. The van der Waals surface area contributed by atoms with Crippen LogP contribution in [0.25, 0.3) is 0 Å². The molecule has 1 fully saturated rings. The van der Waals surface area contributed by atoms with Crippen LogP contribution < -0.4 is 5.32 Å². The molecule has 0 spiro atoms. The molecule has 8 heteroatoms. The highest BCUT2D eigenvalue weighted by Crippen LogP contribution is 2.21. The first-order valence-electron chi connectivity index (χ1n) is 8.12. The predicted molar refractivity (Wildman–Crippen MR) is 89.5 cm³/mol. The number of likely N-dealkylation sites (tertiary alicyclic amines) is 1. The van der Waals surface area contributed by atoms with Crippen molar-refractivity contribution in [2.45, 2.75) is 26.4 Å². The van der Waals surface area contributed by atoms with Crippen molar-refractivity contribution in [3.05, 3.63) is 29.3 Å². The zero-order chi connectivity index (χ0) is 17.3. The van der Waals surface area contributed by atoms with Gasteiger partial charge in [-0.05, 0) is 26.3 Å². The molecule has 130 valence electrons. The SMILES string of the molecule is Cc1cc(C[C@@H]2CN(CC(=O)Nc3cnn(C)c3C)C[C@@H]2O)n[nH]1. The summed E-state index contributed by atoms with van der Waals surface area (Å²) in [6.45, 7) is 5.32. The second-order valence-corrected chi connectivity index (χ2v) is 6.58.